The molecule has 3 nitrogen and oxygen atoms in total. The van der Waals surface area contributed by atoms with E-state index in [1.54, 1.807) is 0 Å². The predicted molar refractivity (Wildman–Crippen MR) is 42.9 cm³/mol. The number of hydrogen-bond acceptors (Lipinski definition) is 2. The molecule has 0 radical (unpaired) electrons. The van der Waals surface area contributed by atoms with Gasteiger partial charge in [0.2, 0.25) is 0 Å². The fourth-order valence-corrected chi connectivity index (χ4v) is 1.47. The van der Waals surface area contributed by atoms with E-state index in [0.717, 1.165) is 11.3 Å². The van der Waals surface area contributed by atoms with E-state index in [0.29, 0.717) is 12.8 Å². The van der Waals surface area contributed by atoms with Crippen LogP contribution in [0.4, 0.5) is 13.2 Å². The van der Waals surface area contributed by atoms with E-state index in [1.165, 1.54) is 0 Å². The molecule has 0 aliphatic heterocycles. The molecule has 0 aromatic carbocycles. The summed E-state index contributed by atoms with van der Waals surface area (Å²) in [5.74, 6) is -1.21. The maximum Gasteiger partial charge on any atom is 0.401 e. The highest BCUT2D eigenvalue weighted by Crippen LogP contribution is 2.27. The summed E-state index contributed by atoms with van der Waals surface area (Å²) in [6.45, 7) is -1.64. The van der Waals surface area contributed by atoms with Crippen molar-refractivity contribution in [2.45, 2.75) is 31.5 Å². The minimum absolute atomic E-state index is 0.201. The summed E-state index contributed by atoms with van der Waals surface area (Å²) in [4.78, 5) is 11.3. The highest BCUT2D eigenvalue weighted by molar-refractivity contribution is 5.69. The molecule has 1 fully saturated rings. The zero-order chi connectivity index (χ0) is 10.8. The lowest BCUT2D eigenvalue weighted by Gasteiger charge is -2.36. The third-order valence-corrected chi connectivity index (χ3v) is 2.31. The summed E-state index contributed by atoms with van der Waals surface area (Å²) in [6.07, 6.45) is -2.09. The highest BCUT2D eigenvalue weighted by atomic mass is 19.4. The fourth-order valence-electron chi connectivity index (χ4n) is 1.47. The monoisotopic (exact) mass is 211 g/mol. The highest BCUT2D eigenvalue weighted by Gasteiger charge is 2.36. The van der Waals surface area contributed by atoms with E-state index in [1.807, 2.05) is 0 Å². The summed E-state index contributed by atoms with van der Waals surface area (Å²) in [6, 6.07) is -0.201. The zero-order valence-corrected chi connectivity index (χ0v) is 7.55. The Morgan fingerprint density at radius 2 is 2.00 bits per heavy atom. The molecule has 1 aliphatic carbocycles. The molecule has 1 rings (SSSR count). The number of hydrogen-bond donors (Lipinski definition) is 1. The SMILES string of the molecule is O=C(O)CN(CC(F)(F)F)C1CCC1. The maximum atomic E-state index is 12.0. The summed E-state index contributed by atoms with van der Waals surface area (Å²) >= 11 is 0. The van der Waals surface area contributed by atoms with Crippen molar-refractivity contribution in [3.8, 4) is 0 Å². The number of halogens is 3. The van der Waals surface area contributed by atoms with Crippen LogP contribution in [0.25, 0.3) is 0 Å². The number of alkyl halides is 3. The Kier molecular flexibility index (Phi) is 3.36. The van der Waals surface area contributed by atoms with Crippen LogP contribution in [0.1, 0.15) is 19.3 Å². The number of rotatable bonds is 4. The first-order valence-corrected chi connectivity index (χ1v) is 4.41. The Bertz CT molecular complexity index is 213. The molecule has 0 aromatic heterocycles. The van der Waals surface area contributed by atoms with Gasteiger partial charge in [-0.15, -0.1) is 0 Å². The van der Waals surface area contributed by atoms with Crippen LogP contribution in [0.5, 0.6) is 0 Å². The van der Waals surface area contributed by atoms with Gasteiger partial charge in [0.1, 0.15) is 0 Å². The Labute approximate surface area is 79.5 Å². The topological polar surface area (TPSA) is 40.5 Å². The van der Waals surface area contributed by atoms with E-state index in [4.69, 9.17) is 5.11 Å². The van der Waals surface area contributed by atoms with Gasteiger partial charge in [-0.1, -0.05) is 6.42 Å². The van der Waals surface area contributed by atoms with Crippen molar-refractivity contribution in [2.75, 3.05) is 13.1 Å². The fraction of sp³-hybridized carbons (Fsp3) is 0.875. The average Bonchev–Trinajstić information content (AvgIpc) is 1.75. The van der Waals surface area contributed by atoms with Gasteiger partial charge < -0.3 is 5.11 Å². The molecule has 0 saturated heterocycles. The molecule has 6 heteroatoms. The summed E-state index contributed by atoms with van der Waals surface area (Å²) in [5.41, 5.74) is 0. The largest absolute Gasteiger partial charge is 0.480 e. The number of aliphatic carboxylic acids is 1. The van der Waals surface area contributed by atoms with Crippen LogP contribution < -0.4 is 0 Å². The van der Waals surface area contributed by atoms with Crippen molar-refractivity contribution >= 4 is 5.97 Å². The lowest BCUT2D eigenvalue weighted by Crippen LogP contribution is -2.47. The van der Waals surface area contributed by atoms with Gasteiger partial charge in [0, 0.05) is 6.04 Å². The second kappa shape index (κ2) is 4.16. The van der Waals surface area contributed by atoms with Gasteiger partial charge in [0.05, 0.1) is 13.1 Å². The van der Waals surface area contributed by atoms with Crippen LogP contribution in [-0.4, -0.2) is 41.3 Å². The minimum Gasteiger partial charge on any atom is -0.480 e. The molecule has 14 heavy (non-hydrogen) atoms. The van der Waals surface area contributed by atoms with E-state index < -0.39 is 25.2 Å². The quantitative estimate of drug-likeness (QED) is 0.765. The number of carbonyl (C=O) groups is 1. The lowest BCUT2D eigenvalue weighted by atomic mass is 9.91. The van der Waals surface area contributed by atoms with Crippen molar-refractivity contribution in [3.05, 3.63) is 0 Å². The van der Waals surface area contributed by atoms with Gasteiger partial charge in [-0.3, -0.25) is 9.69 Å². The average molecular weight is 211 g/mol. The van der Waals surface area contributed by atoms with Crippen LogP contribution >= 0.6 is 0 Å². The number of carboxylic acid groups (broad SMARTS) is 1. The van der Waals surface area contributed by atoms with Gasteiger partial charge >= 0.3 is 12.1 Å². The Hall–Kier alpha value is -0.780. The first-order valence-electron chi connectivity index (χ1n) is 4.41. The van der Waals surface area contributed by atoms with Crippen molar-refractivity contribution in [2.24, 2.45) is 0 Å². The van der Waals surface area contributed by atoms with Crippen LogP contribution in [0.15, 0.2) is 0 Å². The molecular formula is C8H12F3NO2. The van der Waals surface area contributed by atoms with Gasteiger partial charge in [-0.25, -0.2) is 0 Å². The molecule has 0 bridgehead atoms. The number of carboxylic acids is 1. The Morgan fingerprint density at radius 3 is 2.29 bits per heavy atom. The van der Waals surface area contributed by atoms with E-state index in [9.17, 15) is 18.0 Å². The van der Waals surface area contributed by atoms with Crippen molar-refractivity contribution in [1.82, 2.24) is 4.90 Å². The molecule has 0 unspecified atom stereocenters. The Balaban J connectivity index is 2.47. The zero-order valence-electron chi connectivity index (χ0n) is 7.55. The van der Waals surface area contributed by atoms with Gasteiger partial charge in [0.15, 0.2) is 0 Å². The van der Waals surface area contributed by atoms with Gasteiger partial charge in [0.25, 0.3) is 0 Å². The minimum atomic E-state index is -4.31. The summed E-state index contributed by atoms with van der Waals surface area (Å²) < 4.78 is 36.1. The number of nitrogens with zero attached hydrogens (tertiary/aromatic N) is 1. The van der Waals surface area contributed by atoms with Crippen LogP contribution in [-0.2, 0) is 4.79 Å². The molecule has 1 aliphatic rings. The van der Waals surface area contributed by atoms with Crippen LogP contribution in [0, 0.1) is 0 Å². The van der Waals surface area contributed by atoms with Gasteiger partial charge in [-0.05, 0) is 12.8 Å². The summed E-state index contributed by atoms with van der Waals surface area (Å²) in [7, 11) is 0. The lowest BCUT2D eigenvalue weighted by molar-refractivity contribution is -0.161. The summed E-state index contributed by atoms with van der Waals surface area (Å²) in [5, 5.41) is 8.44. The first kappa shape index (κ1) is 11.3. The first-order chi connectivity index (χ1) is 6.38. The molecule has 0 amide bonds. The normalized spacial score (nSPS) is 18.3. The van der Waals surface area contributed by atoms with Crippen LogP contribution in [0.2, 0.25) is 0 Å². The second-order valence-corrected chi connectivity index (χ2v) is 3.50. The van der Waals surface area contributed by atoms with E-state index in [2.05, 4.69) is 0 Å². The van der Waals surface area contributed by atoms with Crippen LogP contribution in [0.3, 0.4) is 0 Å². The molecule has 1 N–H and O–H groups in total. The van der Waals surface area contributed by atoms with Crippen molar-refractivity contribution in [1.29, 1.82) is 0 Å². The third kappa shape index (κ3) is 3.53. The molecule has 1 saturated carbocycles. The maximum absolute atomic E-state index is 12.0. The molecule has 0 aromatic rings. The van der Waals surface area contributed by atoms with Gasteiger partial charge in [-0.2, -0.15) is 13.2 Å². The molecule has 0 heterocycles. The van der Waals surface area contributed by atoms with Crippen molar-refractivity contribution in [3.63, 3.8) is 0 Å². The Morgan fingerprint density at radius 1 is 1.43 bits per heavy atom. The molecule has 0 atom stereocenters. The van der Waals surface area contributed by atoms with E-state index in [-0.39, 0.29) is 6.04 Å². The molecule has 0 spiro atoms. The second-order valence-electron chi connectivity index (χ2n) is 3.50. The predicted octanol–water partition coefficient (Wildman–Crippen LogP) is 1.49. The molecular weight excluding hydrogens is 199 g/mol. The third-order valence-electron chi connectivity index (χ3n) is 2.31. The van der Waals surface area contributed by atoms with Crippen molar-refractivity contribution < 1.29 is 23.1 Å². The standard InChI is InChI=1S/C8H12F3NO2/c9-8(10,11)5-12(4-7(13)14)6-2-1-3-6/h6H,1-5H2,(H,13,14). The molecule has 82 valence electrons. The smallest absolute Gasteiger partial charge is 0.401 e. The van der Waals surface area contributed by atoms with E-state index >= 15 is 0 Å².